The van der Waals surface area contributed by atoms with E-state index in [0.29, 0.717) is 42.9 Å². The summed E-state index contributed by atoms with van der Waals surface area (Å²) >= 11 is 0. The van der Waals surface area contributed by atoms with Crippen molar-refractivity contribution in [1.82, 2.24) is 14.7 Å². The molecule has 0 fully saturated rings. The third-order valence-corrected chi connectivity index (χ3v) is 5.46. The molecule has 0 saturated carbocycles. The summed E-state index contributed by atoms with van der Waals surface area (Å²) in [6.45, 7) is 2.75. The standard InChI is InChI=1S/C23H19F3N4O/c1-15(31)29-10-9-21-20(14-29)22(18-3-2-4-19(11-18)23(24,25)26)28-30(21)13-17-7-5-16(12-27)6-8-17/h2-8,11H,9-10,13-14H2,1H3. The first-order chi connectivity index (χ1) is 14.8. The van der Waals surface area contributed by atoms with Crippen molar-refractivity contribution in [3.05, 3.63) is 76.5 Å². The Bertz CT molecular complexity index is 1170. The van der Waals surface area contributed by atoms with Crippen molar-refractivity contribution in [1.29, 1.82) is 5.26 Å². The Balaban J connectivity index is 1.78. The molecular weight excluding hydrogens is 405 g/mol. The Labute approximate surface area is 177 Å². The molecule has 1 amide bonds. The second kappa shape index (κ2) is 7.91. The molecule has 1 aliphatic heterocycles. The highest BCUT2D eigenvalue weighted by Crippen LogP contribution is 2.35. The van der Waals surface area contributed by atoms with Gasteiger partial charge in [0.05, 0.1) is 29.4 Å². The van der Waals surface area contributed by atoms with Crippen molar-refractivity contribution in [3.8, 4) is 17.3 Å². The van der Waals surface area contributed by atoms with E-state index in [-0.39, 0.29) is 5.91 Å². The first kappa shape index (κ1) is 20.7. The maximum Gasteiger partial charge on any atom is 0.416 e. The summed E-state index contributed by atoms with van der Waals surface area (Å²) < 4.78 is 41.5. The second-order valence-corrected chi connectivity index (χ2v) is 7.51. The number of nitrogens with zero attached hydrogens (tertiary/aromatic N) is 4. The lowest BCUT2D eigenvalue weighted by atomic mass is 9.99. The molecule has 0 bridgehead atoms. The van der Waals surface area contributed by atoms with Crippen LogP contribution in [0.4, 0.5) is 13.2 Å². The van der Waals surface area contributed by atoms with Gasteiger partial charge in [0.1, 0.15) is 0 Å². The average molecular weight is 424 g/mol. The number of rotatable bonds is 3. The van der Waals surface area contributed by atoms with Crippen molar-refractivity contribution in [2.75, 3.05) is 6.54 Å². The minimum absolute atomic E-state index is 0.0829. The van der Waals surface area contributed by atoms with Gasteiger partial charge in [-0.1, -0.05) is 24.3 Å². The van der Waals surface area contributed by atoms with Crippen LogP contribution in [0.15, 0.2) is 48.5 Å². The molecule has 1 aromatic heterocycles. The van der Waals surface area contributed by atoms with Gasteiger partial charge in [0.25, 0.3) is 0 Å². The van der Waals surface area contributed by atoms with E-state index in [4.69, 9.17) is 5.26 Å². The zero-order chi connectivity index (χ0) is 22.2. The van der Waals surface area contributed by atoms with Gasteiger partial charge in [0.2, 0.25) is 5.91 Å². The molecule has 2 aromatic carbocycles. The highest BCUT2D eigenvalue weighted by Gasteiger charge is 2.32. The zero-order valence-electron chi connectivity index (χ0n) is 16.8. The number of hydrogen-bond donors (Lipinski definition) is 0. The van der Waals surface area contributed by atoms with Crippen LogP contribution < -0.4 is 0 Å². The summed E-state index contributed by atoms with van der Waals surface area (Å²) in [5.41, 5.74) is 3.25. The van der Waals surface area contributed by atoms with E-state index in [2.05, 4.69) is 11.2 Å². The van der Waals surface area contributed by atoms with E-state index in [9.17, 15) is 18.0 Å². The predicted octanol–water partition coefficient (Wildman–Crippen LogP) is 4.39. The lowest BCUT2D eigenvalue weighted by Crippen LogP contribution is -2.34. The van der Waals surface area contributed by atoms with Gasteiger partial charge in [-0.2, -0.15) is 23.5 Å². The van der Waals surface area contributed by atoms with Crippen molar-refractivity contribution >= 4 is 5.91 Å². The van der Waals surface area contributed by atoms with Gasteiger partial charge < -0.3 is 4.90 Å². The molecule has 5 nitrogen and oxygen atoms in total. The summed E-state index contributed by atoms with van der Waals surface area (Å²) in [5.74, 6) is -0.0829. The Morgan fingerprint density at radius 3 is 2.58 bits per heavy atom. The van der Waals surface area contributed by atoms with Crippen molar-refractivity contribution in [2.45, 2.75) is 32.6 Å². The van der Waals surface area contributed by atoms with Crippen LogP contribution in [-0.2, 0) is 30.5 Å². The van der Waals surface area contributed by atoms with E-state index in [1.807, 2.05) is 12.1 Å². The third-order valence-electron chi connectivity index (χ3n) is 5.46. The number of carbonyl (C=O) groups is 1. The molecule has 2 heterocycles. The molecule has 0 atom stereocenters. The Morgan fingerprint density at radius 2 is 1.94 bits per heavy atom. The highest BCUT2D eigenvalue weighted by atomic mass is 19.4. The maximum atomic E-state index is 13.2. The number of hydrogen-bond acceptors (Lipinski definition) is 3. The molecule has 158 valence electrons. The maximum absolute atomic E-state index is 13.2. The number of aromatic nitrogens is 2. The molecule has 0 aliphatic carbocycles. The molecule has 0 saturated heterocycles. The topological polar surface area (TPSA) is 61.9 Å². The number of nitriles is 1. The smallest absolute Gasteiger partial charge is 0.338 e. The van der Waals surface area contributed by atoms with Crippen LogP contribution in [0.5, 0.6) is 0 Å². The molecule has 0 N–H and O–H groups in total. The van der Waals surface area contributed by atoms with Gasteiger partial charge in [-0.3, -0.25) is 9.48 Å². The SMILES string of the molecule is CC(=O)N1CCc2c(c(-c3cccc(C(F)(F)F)c3)nn2Cc2ccc(C#N)cc2)C1. The van der Waals surface area contributed by atoms with Gasteiger partial charge in [-0.05, 0) is 29.8 Å². The summed E-state index contributed by atoms with van der Waals surface area (Å²) in [6.07, 6.45) is -3.89. The van der Waals surface area contributed by atoms with Gasteiger partial charge in [0, 0.05) is 43.3 Å². The van der Waals surface area contributed by atoms with Crippen molar-refractivity contribution in [3.63, 3.8) is 0 Å². The largest absolute Gasteiger partial charge is 0.416 e. The monoisotopic (exact) mass is 424 g/mol. The molecule has 0 unspecified atom stereocenters. The van der Waals surface area contributed by atoms with Gasteiger partial charge in [0.15, 0.2) is 0 Å². The number of alkyl halides is 3. The van der Waals surface area contributed by atoms with Gasteiger partial charge in [-0.15, -0.1) is 0 Å². The fourth-order valence-corrected chi connectivity index (χ4v) is 3.82. The van der Waals surface area contributed by atoms with E-state index >= 15 is 0 Å². The zero-order valence-corrected chi connectivity index (χ0v) is 16.8. The fourth-order valence-electron chi connectivity index (χ4n) is 3.82. The molecule has 31 heavy (non-hydrogen) atoms. The van der Waals surface area contributed by atoms with Crippen LogP contribution in [0.2, 0.25) is 0 Å². The van der Waals surface area contributed by atoms with E-state index in [1.165, 1.54) is 13.0 Å². The molecule has 3 aromatic rings. The lowest BCUT2D eigenvalue weighted by Gasteiger charge is -2.27. The molecular formula is C23H19F3N4O. The van der Waals surface area contributed by atoms with Crippen LogP contribution in [0.1, 0.15) is 34.9 Å². The van der Waals surface area contributed by atoms with Crippen LogP contribution >= 0.6 is 0 Å². The van der Waals surface area contributed by atoms with Gasteiger partial charge >= 0.3 is 6.18 Å². The van der Waals surface area contributed by atoms with Crippen LogP contribution in [-0.4, -0.2) is 27.1 Å². The van der Waals surface area contributed by atoms with E-state index in [0.717, 1.165) is 29.0 Å². The Morgan fingerprint density at radius 1 is 1.19 bits per heavy atom. The quantitative estimate of drug-likeness (QED) is 0.626. The van der Waals surface area contributed by atoms with Crippen LogP contribution in [0.25, 0.3) is 11.3 Å². The minimum atomic E-state index is -4.45. The molecule has 0 spiro atoms. The second-order valence-electron chi connectivity index (χ2n) is 7.51. The normalized spacial score (nSPS) is 13.6. The van der Waals surface area contributed by atoms with Crippen LogP contribution in [0, 0.1) is 11.3 Å². The molecule has 8 heteroatoms. The first-order valence-corrected chi connectivity index (χ1v) is 9.77. The first-order valence-electron chi connectivity index (χ1n) is 9.77. The fraction of sp³-hybridized carbons (Fsp3) is 0.261. The van der Waals surface area contributed by atoms with Crippen molar-refractivity contribution in [2.24, 2.45) is 0 Å². The van der Waals surface area contributed by atoms with E-state index in [1.54, 1.807) is 27.8 Å². The molecule has 1 aliphatic rings. The van der Waals surface area contributed by atoms with Gasteiger partial charge in [-0.25, -0.2) is 0 Å². The molecule has 4 rings (SSSR count). The number of amides is 1. The predicted molar refractivity (Wildman–Crippen MR) is 108 cm³/mol. The van der Waals surface area contributed by atoms with Crippen LogP contribution in [0.3, 0.4) is 0 Å². The average Bonchev–Trinajstić information content (AvgIpc) is 3.11. The minimum Gasteiger partial charge on any atom is -0.338 e. The Hall–Kier alpha value is -3.60. The summed E-state index contributed by atoms with van der Waals surface area (Å²) in [4.78, 5) is 13.6. The number of benzene rings is 2. The third kappa shape index (κ3) is 4.17. The summed E-state index contributed by atoms with van der Waals surface area (Å²) in [5, 5.41) is 13.6. The lowest BCUT2D eigenvalue weighted by molar-refractivity contribution is -0.137. The number of fused-ring (bicyclic) bond motifs is 1. The highest BCUT2D eigenvalue weighted by molar-refractivity contribution is 5.74. The van der Waals surface area contributed by atoms with Crippen molar-refractivity contribution < 1.29 is 18.0 Å². The number of halogens is 3. The summed E-state index contributed by atoms with van der Waals surface area (Å²) in [7, 11) is 0. The number of carbonyl (C=O) groups excluding carboxylic acids is 1. The van der Waals surface area contributed by atoms with E-state index < -0.39 is 11.7 Å². The summed E-state index contributed by atoms with van der Waals surface area (Å²) in [6, 6.07) is 14.3. The molecule has 0 radical (unpaired) electrons. The Kier molecular flexibility index (Phi) is 5.27.